The first-order valence-corrected chi connectivity index (χ1v) is 26.6. The van der Waals surface area contributed by atoms with E-state index < -0.39 is 5.41 Å². The second kappa shape index (κ2) is 14.7. The van der Waals surface area contributed by atoms with E-state index >= 15 is 0 Å². The van der Waals surface area contributed by atoms with Gasteiger partial charge in [0.25, 0.3) is 6.71 Å². The van der Waals surface area contributed by atoms with Crippen molar-refractivity contribution >= 4 is 78.6 Å². The zero-order chi connectivity index (χ0) is 49.3. The first-order chi connectivity index (χ1) is 33.7. The van der Waals surface area contributed by atoms with Crippen molar-refractivity contribution in [2.75, 3.05) is 9.80 Å². The van der Waals surface area contributed by atoms with Gasteiger partial charge in [-0.1, -0.05) is 192 Å². The van der Waals surface area contributed by atoms with Crippen molar-refractivity contribution in [1.82, 2.24) is 0 Å². The first kappa shape index (κ1) is 44.3. The van der Waals surface area contributed by atoms with E-state index in [1.165, 1.54) is 127 Å². The third-order valence-electron chi connectivity index (χ3n) is 16.5. The van der Waals surface area contributed by atoms with Crippen LogP contribution >= 0.6 is 11.3 Å². The van der Waals surface area contributed by atoms with E-state index in [0.29, 0.717) is 0 Å². The molecule has 1 atom stereocenters. The third-order valence-corrected chi connectivity index (χ3v) is 17.8. The van der Waals surface area contributed by atoms with Gasteiger partial charge in [0.05, 0.1) is 5.41 Å². The van der Waals surface area contributed by atoms with E-state index in [2.05, 4.69) is 257 Å². The summed E-state index contributed by atoms with van der Waals surface area (Å²) in [6.45, 7) is 28.0. The number of hydrogen-bond acceptors (Lipinski definition) is 3. The van der Waals surface area contributed by atoms with Crippen LogP contribution in [0, 0.1) is 0 Å². The Balaban J connectivity index is 1.17. The van der Waals surface area contributed by atoms with E-state index in [1.807, 2.05) is 11.3 Å². The SMILES string of the molecule is CC(C)(C)c1ccc(N2c3cc(C(C)(C)C)ccc3B3c4cc5c(cc4N(c4ccc(C(C)(C)C)cc4)c4cc(C(C)(C)C)cc2c43)-c2ccccc2C52c3ccccc3-c3c2sc2ccccc32)cc1. The Morgan fingerprint density at radius 2 is 0.873 bits per heavy atom. The Hall–Kier alpha value is -6.62. The summed E-state index contributed by atoms with van der Waals surface area (Å²) < 4.78 is 1.35. The summed E-state index contributed by atoms with van der Waals surface area (Å²) in [5.74, 6) is 0. The van der Waals surface area contributed by atoms with E-state index in [-0.39, 0.29) is 28.4 Å². The number of nitrogens with zero attached hydrogens (tertiary/aromatic N) is 2. The van der Waals surface area contributed by atoms with Crippen LogP contribution in [0.3, 0.4) is 0 Å². The quantitative estimate of drug-likeness (QED) is 0.159. The minimum absolute atomic E-state index is 0.0231. The molecule has 2 aliphatic carbocycles. The van der Waals surface area contributed by atoms with Crippen LogP contribution in [0.25, 0.3) is 32.3 Å². The average molecular weight is 939 g/mol. The van der Waals surface area contributed by atoms with Crippen LogP contribution < -0.4 is 26.2 Å². The van der Waals surface area contributed by atoms with Gasteiger partial charge < -0.3 is 9.80 Å². The van der Waals surface area contributed by atoms with Crippen LogP contribution in [-0.2, 0) is 27.1 Å². The smallest absolute Gasteiger partial charge is 0.252 e. The predicted octanol–water partition coefficient (Wildman–Crippen LogP) is 16.5. The minimum atomic E-state index is -0.469. The van der Waals surface area contributed by atoms with Gasteiger partial charge in [-0.15, -0.1) is 11.3 Å². The lowest BCUT2D eigenvalue weighted by Crippen LogP contribution is -2.61. The molecular formula is C67H63BN2S. The van der Waals surface area contributed by atoms with Gasteiger partial charge in [0.15, 0.2) is 0 Å². The van der Waals surface area contributed by atoms with Crippen LogP contribution in [-0.4, -0.2) is 6.71 Å². The van der Waals surface area contributed by atoms with Crippen LogP contribution in [0.15, 0.2) is 164 Å². The van der Waals surface area contributed by atoms with Crippen molar-refractivity contribution in [2.24, 2.45) is 0 Å². The molecule has 0 saturated carbocycles. The standard InChI is InChI=1S/C67H63BN2S/c1-63(2,3)40-25-30-44(31-26-40)69-55-35-42(65(7,8)9)29-34-53(55)68-54-39-52-49(38-56(54)70(45-32-27-41(28-33-45)64(4,5)6)58-37-43(66(10,11)12)36-57(69)61(58)68)46-19-13-16-22-50(46)67(52)51-23-17-14-20-47(51)60-48-21-15-18-24-59(48)71-62(60)67/h13-39H,1-12H3. The molecule has 0 bridgehead atoms. The summed E-state index contributed by atoms with van der Waals surface area (Å²) in [5, 5.41) is 1.35. The minimum Gasteiger partial charge on any atom is -0.311 e. The summed E-state index contributed by atoms with van der Waals surface area (Å²) in [4.78, 5) is 6.70. The molecule has 8 aromatic carbocycles. The normalized spacial score (nSPS) is 16.4. The highest BCUT2D eigenvalue weighted by atomic mass is 32.1. The molecule has 4 aliphatic rings. The highest BCUT2D eigenvalue weighted by molar-refractivity contribution is 7.20. The third kappa shape index (κ3) is 6.26. The predicted molar refractivity (Wildman–Crippen MR) is 307 cm³/mol. The van der Waals surface area contributed by atoms with Crippen molar-refractivity contribution in [2.45, 2.75) is 110 Å². The van der Waals surface area contributed by atoms with Gasteiger partial charge in [0.1, 0.15) is 0 Å². The Kier molecular flexibility index (Phi) is 9.20. The molecular weight excluding hydrogens is 876 g/mol. The van der Waals surface area contributed by atoms with E-state index in [4.69, 9.17) is 0 Å². The summed E-state index contributed by atoms with van der Waals surface area (Å²) in [5.41, 5.74) is 25.8. The highest BCUT2D eigenvalue weighted by Crippen LogP contribution is 2.66. The van der Waals surface area contributed by atoms with Gasteiger partial charge in [0, 0.05) is 54.7 Å². The van der Waals surface area contributed by atoms with Gasteiger partial charge in [0.2, 0.25) is 0 Å². The largest absolute Gasteiger partial charge is 0.311 e. The number of benzene rings is 8. The van der Waals surface area contributed by atoms with Gasteiger partial charge in [-0.2, -0.15) is 0 Å². The molecule has 0 radical (unpaired) electrons. The highest BCUT2D eigenvalue weighted by Gasteiger charge is 2.55. The lowest BCUT2D eigenvalue weighted by atomic mass is 9.33. The van der Waals surface area contributed by atoms with E-state index in [1.54, 1.807) is 0 Å². The fourth-order valence-electron chi connectivity index (χ4n) is 12.7. The molecule has 9 aromatic rings. The molecule has 0 saturated heterocycles. The van der Waals surface area contributed by atoms with Crippen LogP contribution in [0.5, 0.6) is 0 Å². The monoisotopic (exact) mass is 938 g/mol. The summed E-state index contributed by atoms with van der Waals surface area (Å²) in [6.07, 6.45) is 0. The van der Waals surface area contributed by atoms with Crippen molar-refractivity contribution < 1.29 is 0 Å². The Bertz CT molecular complexity index is 3700. The fourth-order valence-corrected chi connectivity index (χ4v) is 14.2. The van der Waals surface area contributed by atoms with Crippen molar-refractivity contribution in [3.05, 3.63) is 208 Å². The molecule has 0 N–H and O–H groups in total. The Morgan fingerprint density at radius 3 is 1.45 bits per heavy atom. The Labute approximate surface area is 426 Å². The molecule has 1 spiro atoms. The number of fused-ring (bicyclic) bond motifs is 16. The fraction of sp³-hybridized carbons (Fsp3) is 0.254. The zero-order valence-corrected chi connectivity index (χ0v) is 44.3. The number of thiophene rings is 1. The van der Waals surface area contributed by atoms with Gasteiger partial charge >= 0.3 is 0 Å². The summed E-state index contributed by atoms with van der Waals surface area (Å²) in [6, 6.07) is 64.5. The molecule has 4 heteroatoms. The topological polar surface area (TPSA) is 6.48 Å². The lowest BCUT2D eigenvalue weighted by molar-refractivity contribution is 0.589. The summed E-state index contributed by atoms with van der Waals surface area (Å²) >= 11 is 1.99. The maximum absolute atomic E-state index is 2.70. The van der Waals surface area contributed by atoms with Crippen LogP contribution in [0.4, 0.5) is 34.1 Å². The summed E-state index contributed by atoms with van der Waals surface area (Å²) in [7, 11) is 0. The Morgan fingerprint density at radius 1 is 0.394 bits per heavy atom. The maximum Gasteiger partial charge on any atom is 0.252 e. The van der Waals surface area contributed by atoms with Gasteiger partial charge in [-0.05, 0) is 148 Å². The lowest BCUT2D eigenvalue weighted by Gasteiger charge is -2.46. The molecule has 71 heavy (non-hydrogen) atoms. The molecule has 350 valence electrons. The van der Waals surface area contributed by atoms with Gasteiger partial charge in [-0.25, -0.2) is 0 Å². The molecule has 2 aliphatic heterocycles. The number of hydrogen-bond donors (Lipinski definition) is 0. The molecule has 3 heterocycles. The second-order valence-corrected chi connectivity index (χ2v) is 26.1. The second-order valence-electron chi connectivity index (χ2n) is 25.0. The van der Waals surface area contributed by atoms with Crippen LogP contribution in [0.1, 0.15) is 127 Å². The molecule has 13 rings (SSSR count). The molecule has 0 amide bonds. The van der Waals surface area contributed by atoms with Crippen molar-refractivity contribution in [3.8, 4) is 22.3 Å². The molecule has 1 aromatic heterocycles. The molecule has 0 fully saturated rings. The van der Waals surface area contributed by atoms with E-state index in [0.717, 1.165) is 0 Å². The number of anilines is 6. The molecule has 1 unspecified atom stereocenters. The van der Waals surface area contributed by atoms with Crippen molar-refractivity contribution in [3.63, 3.8) is 0 Å². The zero-order valence-electron chi connectivity index (χ0n) is 43.5. The van der Waals surface area contributed by atoms with Crippen LogP contribution in [0.2, 0.25) is 0 Å². The molecule has 2 nitrogen and oxygen atoms in total. The average Bonchev–Trinajstić information content (AvgIpc) is 3.96. The number of rotatable bonds is 2. The maximum atomic E-state index is 2.70. The first-order valence-electron chi connectivity index (χ1n) is 25.8. The van der Waals surface area contributed by atoms with Gasteiger partial charge in [-0.3, -0.25) is 0 Å². The van der Waals surface area contributed by atoms with E-state index in [9.17, 15) is 0 Å². The van der Waals surface area contributed by atoms with Crippen molar-refractivity contribution in [1.29, 1.82) is 0 Å².